The van der Waals surface area contributed by atoms with E-state index in [2.05, 4.69) is 30.9 Å². The molecule has 1 aliphatic carbocycles. The quantitative estimate of drug-likeness (QED) is 0.879. The van der Waals surface area contributed by atoms with Crippen LogP contribution in [-0.4, -0.2) is 39.1 Å². The van der Waals surface area contributed by atoms with Crippen LogP contribution in [0.3, 0.4) is 0 Å². The van der Waals surface area contributed by atoms with Crippen molar-refractivity contribution in [1.29, 1.82) is 0 Å². The second kappa shape index (κ2) is 6.32. The Morgan fingerprint density at radius 2 is 1.79 bits per heavy atom. The molecule has 4 rings (SSSR count). The first kappa shape index (κ1) is 15.3. The van der Waals surface area contributed by atoms with Crippen LogP contribution >= 0.6 is 0 Å². The van der Waals surface area contributed by atoms with E-state index in [1.807, 2.05) is 6.07 Å². The molecule has 0 bridgehead atoms. The van der Waals surface area contributed by atoms with Crippen LogP contribution in [0.1, 0.15) is 48.9 Å². The van der Waals surface area contributed by atoms with Gasteiger partial charge in [-0.05, 0) is 31.7 Å². The van der Waals surface area contributed by atoms with Crippen LogP contribution in [-0.2, 0) is 0 Å². The van der Waals surface area contributed by atoms with Gasteiger partial charge in [0, 0.05) is 54.6 Å². The van der Waals surface area contributed by atoms with Gasteiger partial charge in [-0.15, -0.1) is 0 Å². The van der Waals surface area contributed by atoms with Crippen LogP contribution in [0.4, 0.5) is 11.8 Å². The maximum atomic E-state index is 5.90. The van der Waals surface area contributed by atoms with Crippen molar-refractivity contribution in [1.82, 2.24) is 19.9 Å². The number of anilines is 2. The monoisotopic (exact) mass is 325 g/mol. The van der Waals surface area contributed by atoms with Crippen LogP contribution in [0.15, 0.2) is 24.7 Å². The van der Waals surface area contributed by atoms with Crippen molar-refractivity contribution in [3.63, 3.8) is 0 Å². The molecule has 0 radical (unpaired) electrons. The van der Waals surface area contributed by atoms with Crippen molar-refractivity contribution in [3.05, 3.63) is 36.0 Å². The topological polar surface area (TPSA) is 107 Å². The first-order valence-electron chi connectivity index (χ1n) is 8.60. The Labute approximate surface area is 141 Å². The van der Waals surface area contributed by atoms with Crippen LogP contribution in [0.5, 0.6) is 0 Å². The summed E-state index contributed by atoms with van der Waals surface area (Å²) >= 11 is 0. The van der Waals surface area contributed by atoms with E-state index in [1.165, 1.54) is 0 Å². The maximum absolute atomic E-state index is 5.90. The number of hydrogen-bond donors (Lipinski definition) is 2. The van der Waals surface area contributed by atoms with E-state index in [0.29, 0.717) is 23.8 Å². The molecule has 2 aromatic rings. The fourth-order valence-corrected chi connectivity index (χ4v) is 3.68. The molecule has 7 nitrogen and oxygen atoms in total. The van der Waals surface area contributed by atoms with Gasteiger partial charge >= 0.3 is 0 Å². The van der Waals surface area contributed by atoms with Gasteiger partial charge in [-0.25, -0.2) is 19.9 Å². The fraction of sp³-hybridized carbons (Fsp3) is 0.529. The Bertz CT molecular complexity index is 706. The van der Waals surface area contributed by atoms with Crippen molar-refractivity contribution in [3.8, 4) is 0 Å². The van der Waals surface area contributed by atoms with E-state index in [-0.39, 0.29) is 0 Å². The van der Waals surface area contributed by atoms with Gasteiger partial charge < -0.3 is 16.4 Å². The number of hydrogen-bond acceptors (Lipinski definition) is 7. The molecule has 1 saturated heterocycles. The highest BCUT2D eigenvalue weighted by molar-refractivity contribution is 5.41. The minimum absolute atomic E-state index is 0.337. The predicted molar refractivity (Wildman–Crippen MR) is 92.6 cm³/mol. The lowest BCUT2D eigenvalue weighted by molar-refractivity contribution is 0.345. The normalized spacial score (nSPS) is 24.6. The van der Waals surface area contributed by atoms with Gasteiger partial charge in [0.1, 0.15) is 12.1 Å². The SMILES string of the molecule is Nc1nccc(C2CCN(c3cc(C4CC(N)C4)ncn3)CC2)n1. The van der Waals surface area contributed by atoms with E-state index >= 15 is 0 Å². The molecule has 3 heterocycles. The second-order valence-corrected chi connectivity index (χ2v) is 6.83. The summed E-state index contributed by atoms with van der Waals surface area (Å²) in [6.45, 7) is 1.93. The van der Waals surface area contributed by atoms with E-state index in [1.54, 1.807) is 12.5 Å². The summed E-state index contributed by atoms with van der Waals surface area (Å²) in [4.78, 5) is 19.6. The van der Waals surface area contributed by atoms with Gasteiger partial charge in [0.15, 0.2) is 0 Å². The van der Waals surface area contributed by atoms with Crippen molar-refractivity contribution in [2.24, 2.45) is 5.73 Å². The third-order valence-corrected chi connectivity index (χ3v) is 5.20. The summed E-state index contributed by atoms with van der Waals surface area (Å²) in [5.74, 6) is 2.33. The lowest BCUT2D eigenvalue weighted by atomic mass is 9.78. The minimum atomic E-state index is 0.337. The standard InChI is InChI=1S/C17H23N7/c18-13-7-12(8-13)15-9-16(22-10-21-15)24-5-2-11(3-6-24)14-1-4-20-17(19)23-14/h1,4,9-13H,2-3,5-8,18H2,(H2,19,20,23). The molecule has 0 spiro atoms. The molecule has 0 atom stereocenters. The first-order valence-corrected chi connectivity index (χ1v) is 8.60. The van der Waals surface area contributed by atoms with Crippen LogP contribution < -0.4 is 16.4 Å². The average molecular weight is 325 g/mol. The van der Waals surface area contributed by atoms with Crippen LogP contribution in [0, 0.1) is 0 Å². The van der Waals surface area contributed by atoms with Gasteiger partial charge in [0.2, 0.25) is 5.95 Å². The fourth-order valence-electron chi connectivity index (χ4n) is 3.68. The summed E-state index contributed by atoms with van der Waals surface area (Å²) in [6, 6.07) is 4.45. The van der Waals surface area contributed by atoms with Gasteiger partial charge in [-0.1, -0.05) is 0 Å². The molecule has 1 saturated carbocycles. The molecule has 1 aliphatic heterocycles. The van der Waals surface area contributed by atoms with E-state index in [0.717, 1.165) is 56.0 Å². The van der Waals surface area contributed by atoms with Gasteiger partial charge in [-0.2, -0.15) is 0 Å². The summed E-state index contributed by atoms with van der Waals surface area (Å²) in [5.41, 5.74) is 13.8. The minimum Gasteiger partial charge on any atom is -0.368 e. The van der Waals surface area contributed by atoms with Crippen molar-refractivity contribution < 1.29 is 0 Å². The number of nitrogens with zero attached hydrogens (tertiary/aromatic N) is 5. The molecule has 24 heavy (non-hydrogen) atoms. The Morgan fingerprint density at radius 3 is 2.50 bits per heavy atom. The number of piperidine rings is 1. The largest absolute Gasteiger partial charge is 0.368 e. The lowest BCUT2D eigenvalue weighted by Gasteiger charge is -2.34. The third kappa shape index (κ3) is 3.03. The highest BCUT2D eigenvalue weighted by atomic mass is 15.2. The Morgan fingerprint density at radius 1 is 1.00 bits per heavy atom. The Kier molecular flexibility index (Phi) is 4.02. The second-order valence-electron chi connectivity index (χ2n) is 6.83. The zero-order chi connectivity index (χ0) is 16.5. The van der Waals surface area contributed by atoms with Crippen LogP contribution in [0.25, 0.3) is 0 Å². The van der Waals surface area contributed by atoms with Gasteiger partial charge in [0.25, 0.3) is 0 Å². The van der Waals surface area contributed by atoms with E-state index < -0.39 is 0 Å². The first-order chi connectivity index (χ1) is 11.7. The van der Waals surface area contributed by atoms with Gasteiger partial charge in [-0.3, -0.25) is 0 Å². The predicted octanol–water partition coefficient (Wildman–Crippen LogP) is 1.44. The van der Waals surface area contributed by atoms with E-state index in [4.69, 9.17) is 11.5 Å². The summed E-state index contributed by atoms with van der Waals surface area (Å²) in [7, 11) is 0. The molecule has 0 aromatic carbocycles. The van der Waals surface area contributed by atoms with Gasteiger partial charge in [0.05, 0.1) is 0 Å². The molecule has 2 fully saturated rings. The van der Waals surface area contributed by atoms with Crippen molar-refractivity contribution in [2.45, 2.75) is 43.6 Å². The summed E-state index contributed by atoms with van der Waals surface area (Å²) in [6.07, 6.45) is 7.59. The Hall–Kier alpha value is -2.28. The molecular formula is C17H23N7. The zero-order valence-corrected chi connectivity index (χ0v) is 13.7. The van der Waals surface area contributed by atoms with Crippen molar-refractivity contribution in [2.75, 3.05) is 23.7 Å². The third-order valence-electron chi connectivity index (χ3n) is 5.20. The Balaban J connectivity index is 1.41. The maximum Gasteiger partial charge on any atom is 0.220 e. The molecule has 0 unspecified atom stereocenters. The number of nitrogens with two attached hydrogens (primary N) is 2. The van der Waals surface area contributed by atoms with Crippen molar-refractivity contribution >= 4 is 11.8 Å². The van der Waals surface area contributed by atoms with E-state index in [9.17, 15) is 0 Å². The molecule has 0 amide bonds. The van der Waals surface area contributed by atoms with Crippen LogP contribution in [0.2, 0.25) is 0 Å². The lowest BCUT2D eigenvalue weighted by Crippen LogP contribution is -2.36. The average Bonchev–Trinajstić information content (AvgIpc) is 2.59. The number of aromatic nitrogens is 4. The number of nitrogen functional groups attached to an aromatic ring is 1. The number of rotatable bonds is 3. The molecule has 126 valence electrons. The molecule has 7 heteroatoms. The molecule has 2 aliphatic rings. The smallest absolute Gasteiger partial charge is 0.220 e. The summed E-state index contributed by atoms with van der Waals surface area (Å²) < 4.78 is 0. The highest BCUT2D eigenvalue weighted by Crippen LogP contribution is 2.36. The molecule has 4 N–H and O–H groups in total. The highest BCUT2D eigenvalue weighted by Gasteiger charge is 2.29. The molecule has 2 aromatic heterocycles. The molecular weight excluding hydrogens is 302 g/mol. The summed E-state index contributed by atoms with van der Waals surface area (Å²) in [5, 5.41) is 0. The zero-order valence-electron chi connectivity index (χ0n) is 13.7.